The zero-order valence-corrected chi connectivity index (χ0v) is 7.38. The van der Waals surface area contributed by atoms with Gasteiger partial charge in [-0.05, 0) is 6.92 Å². The monoisotopic (exact) mass is 159 g/mol. The van der Waals surface area contributed by atoms with Gasteiger partial charge >= 0.3 is 0 Å². The van der Waals surface area contributed by atoms with Crippen molar-refractivity contribution in [2.24, 2.45) is 0 Å². The SMILES string of the molecule is [CH]CN(CCOC)CCOC. The molecule has 0 amide bonds. The predicted octanol–water partition coefficient (Wildman–Crippen LogP) is 0.292. The number of rotatable bonds is 7. The number of ether oxygens (including phenoxy) is 2. The van der Waals surface area contributed by atoms with E-state index in [1.54, 1.807) is 14.2 Å². The molecule has 0 rings (SSSR count). The molecule has 0 aliphatic heterocycles. The number of methoxy groups -OCH3 is 2. The third-order valence-electron chi connectivity index (χ3n) is 1.48. The Morgan fingerprint density at radius 2 is 1.55 bits per heavy atom. The molecule has 0 spiro atoms. The second kappa shape index (κ2) is 7.98. The number of hydrogen-bond acceptors (Lipinski definition) is 3. The Morgan fingerprint density at radius 1 is 1.09 bits per heavy atom. The Morgan fingerprint density at radius 3 is 1.82 bits per heavy atom. The summed E-state index contributed by atoms with van der Waals surface area (Å²) in [5, 5.41) is 0. The molecule has 0 aliphatic carbocycles. The lowest BCUT2D eigenvalue weighted by Crippen LogP contribution is -2.30. The van der Waals surface area contributed by atoms with Crippen LogP contribution >= 0.6 is 0 Å². The Balaban J connectivity index is 3.25. The average Bonchev–Trinajstić information content (AvgIpc) is 2.05. The van der Waals surface area contributed by atoms with Crippen LogP contribution in [0.1, 0.15) is 0 Å². The van der Waals surface area contributed by atoms with Crippen LogP contribution in [-0.2, 0) is 9.47 Å². The molecule has 11 heavy (non-hydrogen) atoms. The fourth-order valence-electron chi connectivity index (χ4n) is 0.735. The van der Waals surface area contributed by atoms with E-state index < -0.39 is 0 Å². The van der Waals surface area contributed by atoms with E-state index in [9.17, 15) is 0 Å². The molecule has 66 valence electrons. The molecule has 0 aromatic rings. The van der Waals surface area contributed by atoms with Crippen LogP contribution in [-0.4, -0.2) is 52.0 Å². The summed E-state index contributed by atoms with van der Waals surface area (Å²) >= 11 is 0. The van der Waals surface area contributed by atoms with Crippen molar-refractivity contribution in [1.29, 1.82) is 0 Å². The van der Waals surface area contributed by atoms with Gasteiger partial charge in [0.2, 0.25) is 0 Å². The molecule has 0 bridgehead atoms. The summed E-state index contributed by atoms with van der Waals surface area (Å²) in [6.07, 6.45) is 0. The summed E-state index contributed by atoms with van der Waals surface area (Å²) in [6, 6.07) is 0. The number of nitrogens with zero attached hydrogens (tertiary/aromatic N) is 1. The van der Waals surface area contributed by atoms with Gasteiger partial charge in [-0.3, -0.25) is 4.90 Å². The minimum absolute atomic E-state index is 0.562. The van der Waals surface area contributed by atoms with E-state index in [4.69, 9.17) is 16.4 Å². The van der Waals surface area contributed by atoms with Gasteiger partial charge in [0.1, 0.15) is 0 Å². The van der Waals surface area contributed by atoms with Gasteiger partial charge in [-0.1, -0.05) is 0 Å². The molecule has 2 radical (unpaired) electrons. The average molecular weight is 159 g/mol. The summed E-state index contributed by atoms with van der Waals surface area (Å²) in [6.45, 7) is 9.22. The lowest BCUT2D eigenvalue weighted by atomic mass is 10.5. The zero-order chi connectivity index (χ0) is 8.53. The van der Waals surface area contributed by atoms with E-state index in [1.807, 2.05) is 0 Å². The van der Waals surface area contributed by atoms with Crippen LogP contribution in [0.4, 0.5) is 0 Å². The van der Waals surface area contributed by atoms with Crippen LogP contribution < -0.4 is 0 Å². The first-order valence-electron chi connectivity index (χ1n) is 3.75. The summed E-state index contributed by atoms with van der Waals surface area (Å²) in [7, 11) is 3.37. The molecule has 0 N–H and O–H groups in total. The van der Waals surface area contributed by atoms with Gasteiger partial charge in [0, 0.05) is 33.9 Å². The molecular weight excluding hydrogens is 142 g/mol. The first-order valence-corrected chi connectivity index (χ1v) is 3.75. The fourth-order valence-corrected chi connectivity index (χ4v) is 0.735. The maximum absolute atomic E-state index is 5.47. The highest BCUT2D eigenvalue weighted by Crippen LogP contribution is 1.86. The van der Waals surface area contributed by atoms with Crippen molar-refractivity contribution >= 4 is 0 Å². The second-order valence-electron chi connectivity index (χ2n) is 2.29. The molecule has 0 heterocycles. The van der Waals surface area contributed by atoms with E-state index in [0.29, 0.717) is 6.54 Å². The molecule has 0 aliphatic rings. The lowest BCUT2D eigenvalue weighted by Gasteiger charge is -2.18. The Hall–Kier alpha value is -0.120. The highest BCUT2D eigenvalue weighted by molar-refractivity contribution is 4.57. The van der Waals surface area contributed by atoms with Crippen molar-refractivity contribution in [3.8, 4) is 0 Å². The molecule has 0 atom stereocenters. The van der Waals surface area contributed by atoms with Gasteiger partial charge in [0.05, 0.1) is 13.2 Å². The maximum atomic E-state index is 5.47. The first kappa shape index (κ1) is 10.9. The maximum Gasteiger partial charge on any atom is 0.0589 e. The van der Waals surface area contributed by atoms with Crippen molar-refractivity contribution < 1.29 is 9.47 Å². The van der Waals surface area contributed by atoms with Crippen LogP contribution in [0.2, 0.25) is 0 Å². The van der Waals surface area contributed by atoms with Crippen LogP contribution in [0.25, 0.3) is 0 Å². The third-order valence-corrected chi connectivity index (χ3v) is 1.48. The highest BCUT2D eigenvalue weighted by Gasteiger charge is 1.99. The summed E-state index contributed by atoms with van der Waals surface area (Å²) in [4.78, 5) is 2.08. The molecule has 0 saturated carbocycles. The topological polar surface area (TPSA) is 21.7 Å². The Bertz CT molecular complexity index is 70.5. The minimum Gasteiger partial charge on any atom is -0.383 e. The van der Waals surface area contributed by atoms with Crippen molar-refractivity contribution in [3.63, 3.8) is 0 Å². The Labute approximate surface area is 69.3 Å². The molecule has 0 saturated heterocycles. The molecule has 0 aromatic carbocycles. The Kier molecular flexibility index (Phi) is 7.89. The van der Waals surface area contributed by atoms with E-state index in [0.717, 1.165) is 26.3 Å². The summed E-state index contributed by atoms with van der Waals surface area (Å²) < 4.78 is 9.83. The zero-order valence-electron chi connectivity index (χ0n) is 7.38. The first-order chi connectivity index (χ1) is 5.35. The molecule has 3 heteroatoms. The largest absolute Gasteiger partial charge is 0.383 e. The van der Waals surface area contributed by atoms with Gasteiger partial charge < -0.3 is 9.47 Å². The quantitative estimate of drug-likeness (QED) is 0.533. The second-order valence-corrected chi connectivity index (χ2v) is 2.29. The molecule has 0 unspecified atom stereocenters. The van der Waals surface area contributed by atoms with E-state index >= 15 is 0 Å². The van der Waals surface area contributed by atoms with Gasteiger partial charge in [-0.25, -0.2) is 0 Å². The molecule has 3 nitrogen and oxygen atoms in total. The van der Waals surface area contributed by atoms with Crippen LogP contribution in [0.5, 0.6) is 0 Å². The van der Waals surface area contributed by atoms with Gasteiger partial charge in [0.25, 0.3) is 0 Å². The normalized spacial score (nSPS) is 10.9. The van der Waals surface area contributed by atoms with E-state index in [1.165, 1.54) is 0 Å². The highest BCUT2D eigenvalue weighted by atomic mass is 16.5. The van der Waals surface area contributed by atoms with E-state index in [2.05, 4.69) is 4.90 Å². The smallest absolute Gasteiger partial charge is 0.0589 e. The van der Waals surface area contributed by atoms with Crippen LogP contribution in [0, 0.1) is 6.92 Å². The summed E-state index contributed by atoms with van der Waals surface area (Å²) in [5.74, 6) is 0. The molecule has 0 aromatic heterocycles. The van der Waals surface area contributed by atoms with Gasteiger partial charge in [-0.15, -0.1) is 0 Å². The van der Waals surface area contributed by atoms with Crippen molar-refractivity contribution in [3.05, 3.63) is 6.92 Å². The van der Waals surface area contributed by atoms with Crippen LogP contribution in [0.3, 0.4) is 0 Å². The van der Waals surface area contributed by atoms with Gasteiger partial charge in [-0.2, -0.15) is 0 Å². The van der Waals surface area contributed by atoms with Crippen molar-refractivity contribution in [1.82, 2.24) is 4.90 Å². The standard InChI is InChI=1S/C8H17NO2/c1-4-9(5-7-10-2)6-8-11-3/h1H,4-8H2,2-3H3. The van der Waals surface area contributed by atoms with Crippen molar-refractivity contribution in [2.45, 2.75) is 0 Å². The number of hydrogen-bond donors (Lipinski definition) is 0. The third kappa shape index (κ3) is 6.28. The van der Waals surface area contributed by atoms with Crippen LogP contribution in [0.15, 0.2) is 0 Å². The molecular formula is C8H17NO2. The fraction of sp³-hybridized carbons (Fsp3) is 0.875. The lowest BCUT2D eigenvalue weighted by molar-refractivity contribution is 0.120. The van der Waals surface area contributed by atoms with Crippen molar-refractivity contribution in [2.75, 3.05) is 47.1 Å². The summed E-state index contributed by atoms with van der Waals surface area (Å²) in [5.41, 5.74) is 0. The predicted molar refractivity (Wildman–Crippen MR) is 44.5 cm³/mol. The molecule has 0 fully saturated rings. The minimum atomic E-state index is 0.562. The van der Waals surface area contributed by atoms with E-state index in [-0.39, 0.29) is 0 Å². The van der Waals surface area contributed by atoms with Gasteiger partial charge in [0.15, 0.2) is 0 Å².